The van der Waals surface area contributed by atoms with Crippen molar-refractivity contribution in [3.05, 3.63) is 29.5 Å². The smallest absolute Gasteiger partial charge is 0.339 e. The SMILES string of the molecule is Cc1cc2c(O)c(C(=O)O)ccc2o1. The van der Waals surface area contributed by atoms with E-state index in [-0.39, 0.29) is 11.3 Å². The van der Waals surface area contributed by atoms with Crippen molar-refractivity contribution in [1.82, 2.24) is 0 Å². The van der Waals surface area contributed by atoms with Crippen LogP contribution in [0.1, 0.15) is 16.1 Å². The molecule has 1 aromatic heterocycles. The van der Waals surface area contributed by atoms with E-state index in [0.29, 0.717) is 16.7 Å². The van der Waals surface area contributed by atoms with Gasteiger partial charge in [0.15, 0.2) is 0 Å². The van der Waals surface area contributed by atoms with Crippen LogP contribution in [-0.2, 0) is 0 Å². The molecule has 2 aromatic rings. The summed E-state index contributed by atoms with van der Waals surface area (Å²) in [6, 6.07) is 4.46. The molecule has 0 aliphatic heterocycles. The fourth-order valence-corrected chi connectivity index (χ4v) is 1.40. The van der Waals surface area contributed by atoms with E-state index in [1.807, 2.05) is 0 Å². The third kappa shape index (κ3) is 1.12. The lowest BCUT2D eigenvalue weighted by atomic mass is 10.1. The average molecular weight is 192 g/mol. The van der Waals surface area contributed by atoms with E-state index in [2.05, 4.69) is 0 Å². The van der Waals surface area contributed by atoms with Gasteiger partial charge in [-0.2, -0.15) is 0 Å². The van der Waals surface area contributed by atoms with Crippen molar-refractivity contribution in [3.63, 3.8) is 0 Å². The van der Waals surface area contributed by atoms with Crippen molar-refractivity contribution in [1.29, 1.82) is 0 Å². The average Bonchev–Trinajstić information content (AvgIpc) is 2.46. The Morgan fingerprint density at radius 1 is 1.43 bits per heavy atom. The Balaban J connectivity index is 2.80. The molecule has 0 bridgehead atoms. The highest BCUT2D eigenvalue weighted by Crippen LogP contribution is 2.30. The monoisotopic (exact) mass is 192 g/mol. The van der Waals surface area contributed by atoms with Gasteiger partial charge in [-0.15, -0.1) is 0 Å². The van der Waals surface area contributed by atoms with Gasteiger partial charge in [-0.05, 0) is 25.1 Å². The summed E-state index contributed by atoms with van der Waals surface area (Å²) in [6.07, 6.45) is 0. The number of furan rings is 1. The maximum absolute atomic E-state index is 10.7. The predicted molar refractivity (Wildman–Crippen MR) is 49.6 cm³/mol. The number of aromatic hydroxyl groups is 1. The fraction of sp³-hybridized carbons (Fsp3) is 0.100. The van der Waals surface area contributed by atoms with E-state index in [1.54, 1.807) is 13.0 Å². The molecule has 1 aromatic carbocycles. The minimum absolute atomic E-state index is 0.113. The quantitative estimate of drug-likeness (QED) is 0.726. The van der Waals surface area contributed by atoms with Crippen molar-refractivity contribution in [3.8, 4) is 5.75 Å². The molecule has 2 rings (SSSR count). The maximum atomic E-state index is 10.7. The van der Waals surface area contributed by atoms with Crippen LogP contribution in [0.5, 0.6) is 5.75 Å². The molecule has 0 unspecified atom stereocenters. The molecular weight excluding hydrogens is 184 g/mol. The van der Waals surface area contributed by atoms with Gasteiger partial charge < -0.3 is 14.6 Å². The van der Waals surface area contributed by atoms with Gasteiger partial charge in [-0.25, -0.2) is 4.79 Å². The molecule has 0 spiro atoms. The van der Waals surface area contributed by atoms with Crippen LogP contribution < -0.4 is 0 Å². The number of hydrogen-bond donors (Lipinski definition) is 2. The van der Waals surface area contributed by atoms with E-state index < -0.39 is 5.97 Å². The van der Waals surface area contributed by atoms with Gasteiger partial charge >= 0.3 is 5.97 Å². The number of phenols is 1. The van der Waals surface area contributed by atoms with Crippen LogP contribution in [0.3, 0.4) is 0 Å². The van der Waals surface area contributed by atoms with Gasteiger partial charge in [0.25, 0.3) is 0 Å². The number of carboxylic acid groups (broad SMARTS) is 1. The summed E-state index contributed by atoms with van der Waals surface area (Å²) in [5, 5.41) is 18.8. The summed E-state index contributed by atoms with van der Waals surface area (Å²) in [5.74, 6) is -0.757. The molecule has 4 nitrogen and oxygen atoms in total. The van der Waals surface area contributed by atoms with E-state index in [9.17, 15) is 9.90 Å². The van der Waals surface area contributed by atoms with Crippen LogP contribution >= 0.6 is 0 Å². The van der Waals surface area contributed by atoms with Crippen LogP contribution in [0.25, 0.3) is 11.0 Å². The van der Waals surface area contributed by atoms with Gasteiger partial charge in [0, 0.05) is 0 Å². The van der Waals surface area contributed by atoms with Gasteiger partial charge in [-0.1, -0.05) is 0 Å². The Labute approximate surface area is 79.4 Å². The zero-order valence-electron chi connectivity index (χ0n) is 7.44. The number of aryl methyl sites for hydroxylation is 1. The van der Waals surface area contributed by atoms with Crippen molar-refractivity contribution in [2.75, 3.05) is 0 Å². The largest absolute Gasteiger partial charge is 0.506 e. The molecule has 0 amide bonds. The highest BCUT2D eigenvalue weighted by Gasteiger charge is 2.14. The minimum atomic E-state index is -1.15. The first-order chi connectivity index (χ1) is 6.59. The number of carboxylic acids is 1. The first-order valence-corrected chi connectivity index (χ1v) is 4.05. The molecule has 2 N–H and O–H groups in total. The Bertz CT molecular complexity index is 510. The van der Waals surface area contributed by atoms with Crippen LogP contribution in [0.2, 0.25) is 0 Å². The molecule has 4 heteroatoms. The molecule has 0 fully saturated rings. The zero-order chi connectivity index (χ0) is 10.3. The van der Waals surface area contributed by atoms with Crippen LogP contribution in [0.15, 0.2) is 22.6 Å². The van der Waals surface area contributed by atoms with Gasteiger partial charge in [0.1, 0.15) is 22.7 Å². The number of aromatic carboxylic acids is 1. The fourth-order valence-electron chi connectivity index (χ4n) is 1.40. The Hall–Kier alpha value is -1.97. The third-order valence-electron chi connectivity index (χ3n) is 2.03. The van der Waals surface area contributed by atoms with Crippen LogP contribution in [0, 0.1) is 6.92 Å². The molecule has 0 aliphatic carbocycles. The standard InChI is InChI=1S/C10H8O4/c1-5-4-7-8(14-5)3-2-6(9(7)11)10(12)13/h2-4,11H,1H3,(H,12,13). The summed E-state index contributed by atoms with van der Waals surface area (Å²) in [7, 11) is 0. The maximum Gasteiger partial charge on any atom is 0.339 e. The van der Waals surface area contributed by atoms with Crippen molar-refractivity contribution < 1.29 is 19.4 Å². The molecular formula is C10H8O4. The first kappa shape index (κ1) is 8.62. The van der Waals surface area contributed by atoms with Gasteiger partial charge in [0.05, 0.1) is 5.39 Å². The first-order valence-electron chi connectivity index (χ1n) is 4.05. The highest BCUT2D eigenvalue weighted by molar-refractivity contribution is 5.98. The lowest BCUT2D eigenvalue weighted by molar-refractivity contribution is 0.0694. The molecule has 1 heterocycles. The molecule has 0 atom stereocenters. The second-order valence-corrected chi connectivity index (χ2v) is 3.04. The summed E-state index contributed by atoms with van der Waals surface area (Å²) in [4.78, 5) is 10.7. The zero-order valence-corrected chi connectivity index (χ0v) is 7.44. The highest BCUT2D eigenvalue weighted by atomic mass is 16.4. The van der Waals surface area contributed by atoms with Crippen LogP contribution in [0.4, 0.5) is 0 Å². The molecule has 72 valence electrons. The van der Waals surface area contributed by atoms with Gasteiger partial charge in [0.2, 0.25) is 0 Å². The lowest BCUT2D eigenvalue weighted by Crippen LogP contribution is -1.95. The summed E-state index contributed by atoms with van der Waals surface area (Å²) >= 11 is 0. The number of rotatable bonds is 1. The summed E-state index contributed by atoms with van der Waals surface area (Å²) in [6.45, 7) is 1.74. The molecule has 0 aliphatic rings. The Kier molecular flexibility index (Phi) is 1.70. The van der Waals surface area contributed by atoms with Crippen molar-refractivity contribution in [2.24, 2.45) is 0 Å². The van der Waals surface area contributed by atoms with Crippen molar-refractivity contribution >= 4 is 16.9 Å². The topological polar surface area (TPSA) is 70.7 Å². The second-order valence-electron chi connectivity index (χ2n) is 3.04. The summed E-state index contributed by atoms with van der Waals surface area (Å²) < 4.78 is 5.23. The molecule has 14 heavy (non-hydrogen) atoms. The Morgan fingerprint density at radius 3 is 2.79 bits per heavy atom. The normalized spacial score (nSPS) is 10.6. The second kappa shape index (κ2) is 2.77. The Morgan fingerprint density at radius 2 is 2.14 bits per heavy atom. The minimum Gasteiger partial charge on any atom is -0.506 e. The van der Waals surface area contributed by atoms with Crippen LogP contribution in [-0.4, -0.2) is 16.2 Å². The van der Waals surface area contributed by atoms with E-state index in [1.165, 1.54) is 12.1 Å². The number of benzene rings is 1. The van der Waals surface area contributed by atoms with E-state index in [4.69, 9.17) is 9.52 Å². The number of fused-ring (bicyclic) bond motifs is 1. The predicted octanol–water partition coefficient (Wildman–Crippen LogP) is 2.15. The van der Waals surface area contributed by atoms with Crippen molar-refractivity contribution in [2.45, 2.75) is 6.92 Å². The van der Waals surface area contributed by atoms with Gasteiger partial charge in [-0.3, -0.25) is 0 Å². The third-order valence-corrected chi connectivity index (χ3v) is 2.03. The van der Waals surface area contributed by atoms with E-state index >= 15 is 0 Å². The number of hydrogen-bond acceptors (Lipinski definition) is 3. The lowest BCUT2D eigenvalue weighted by Gasteiger charge is -1.98. The summed E-state index contributed by atoms with van der Waals surface area (Å²) in [5.41, 5.74) is 0.378. The number of carbonyl (C=O) groups is 1. The molecule has 0 saturated heterocycles. The molecule has 0 radical (unpaired) electrons. The van der Waals surface area contributed by atoms with E-state index in [0.717, 1.165) is 0 Å². The molecule has 0 saturated carbocycles.